The van der Waals surface area contributed by atoms with Crippen LogP contribution in [-0.4, -0.2) is 25.9 Å². The summed E-state index contributed by atoms with van der Waals surface area (Å²) in [5.74, 6) is -0.136. The summed E-state index contributed by atoms with van der Waals surface area (Å²) in [4.78, 5) is 12.7. The molecular formula is C20H16ClN5O2. The van der Waals surface area contributed by atoms with Gasteiger partial charge in [-0.2, -0.15) is 5.10 Å². The highest BCUT2D eigenvalue weighted by Crippen LogP contribution is 2.23. The first-order valence-electron chi connectivity index (χ1n) is 8.59. The van der Waals surface area contributed by atoms with Gasteiger partial charge < -0.3 is 4.42 Å². The van der Waals surface area contributed by atoms with Crippen molar-refractivity contribution in [2.75, 3.05) is 5.32 Å². The van der Waals surface area contributed by atoms with E-state index in [4.69, 9.17) is 16.0 Å². The largest absolute Gasteiger partial charge is 0.403 e. The lowest BCUT2D eigenvalue weighted by molar-refractivity contribution is 0.102. The molecule has 0 bridgehead atoms. The van der Waals surface area contributed by atoms with E-state index >= 15 is 0 Å². The highest BCUT2D eigenvalue weighted by Gasteiger charge is 2.22. The van der Waals surface area contributed by atoms with Crippen molar-refractivity contribution >= 4 is 23.5 Å². The minimum atomic E-state index is -0.454. The van der Waals surface area contributed by atoms with Gasteiger partial charge in [0.1, 0.15) is 5.15 Å². The summed E-state index contributed by atoms with van der Waals surface area (Å²) in [6.07, 6.45) is 0. The van der Waals surface area contributed by atoms with E-state index in [-0.39, 0.29) is 16.7 Å². The van der Waals surface area contributed by atoms with Gasteiger partial charge in [0.05, 0.1) is 17.8 Å². The average Bonchev–Trinajstić information content (AvgIpc) is 3.28. The fraction of sp³-hybridized carbons (Fsp3) is 0.100. The van der Waals surface area contributed by atoms with Crippen LogP contribution in [-0.2, 0) is 6.54 Å². The Balaban J connectivity index is 1.53. The van der Waals surface area contributed by atoms with E-state index < -0.39 is 5.91 Å². The maximum Gasteiger partial charge on any atom is 0.322 e. The summed E-state index contributed by atoms with van der Waals surface area (Å²) in [6, 6.07) is 19.0. The third kappa shape index (κ3) is 3.65. The Morgan fingerprint density at radius 3 is 2.46 bits per heavy atom. The third-order valence-electron chi connectivity index (χ3n) is 4.13. The van der Waals surface area contributed by atoms with Gasteiger partial charge in [-0.3, -0.25) is 10.1 Å². The van der Waals surface area contributed by atoms with E-state index in [0.717, 1.165) is 11.1 Å². The Labute approximate surface area is 166 Å². The first-order chi connectivity index (χ1) is 13.6. The number of carbonyl (C=O) groups is 1. The molecule has 0 spiro atoms. The molecule has 0 saturated heterocycles. The SMILES string of the molecule is Cc1nn(Cc2ccccc2)c(Cl)c1C(=O)Nc1nnc(-c2ccccc2)o1. The molecule has 0 saturated carbocycles. The van der Waals surface area contributed by atoms with Gasteiger partial charge in [0, 0.05) is 5.56 Å². The van der Waals surface area contributed by atoms with Gasteiger partial charge in [0.15, 0.2) is 0 Å². The van der Waals surface area contributed by atoms with E-state index in [2.05, 4.69) is 20.6 Å². The van der Waals surface area contributed by atoms with Gasteiger partial charge in [-0.15, -0.1) is 5.10 Å². The Morgan fingerprint density at radius 2 is 1.75 bits per heavy atom. The van der Waals surface area contributed by atoms with Crippen LogP contribution in [0.1, 0.15) is 21.6 Å². The lowest BCUT2D eigenvalue weighted by Gasteiger charge is -2.04. The highest BCUT2D eigenvalue weighted by atomic mass is 35.5. The summed E-state index contributed by atoms with van der Waals surface area (Å²) in [5.41, 5.74) is 2.59. The normalized spacial score (nSPS) is 10.8. The van der Waals surface area contributed by atoms with E-state index in [0.29, 0.717) is 18.1 Å². The topological polar surface area (TPSA) is 85.8 Å². The number of benzene rings is 2. The van der Waals surface area contributed by atoms with Crippen molar-refractivity contribution in [2.24, 2.45) is 0 Å². The number of hydrogen-bond donors (Lipinski definition) is 1. The molecule has 0 fully saturated rings. The summed E-state index contributed by atoms with van der Waals surface area (Å²) < 4.78 is 7.11. The number of halogens is 1. The molecule has 1 amide bonds. The minimum Gasteiger partial charge on any atom is -0.403 e. The zero-order chi connectivity index (χ0) is 19.5. The van der Waals surface area contributed by atoms with Crippen molar-refractivity contribution < 1.29 is 9.21 Å². The van der Waals surface area contributed by atoms with E-state index in [1.165, 1.54) is 0 Å². The fourth-order valence-electron chi connectivity index (χ4n) is 2.80. The molecule has 7 nitrogen and oxygen atoms in total. The zero-order valence-electron chi connectivity index (χ0n) is 15.0. The van der Waals surface area contributed by atoms with Gasteiger partial charge in [-0.1, -0.05) is 65.2 Å². The number of carbonyl (C=O) groups excluding carboxylic acids is 1. The number of amides is 1. The van der Waals surface area contributed by atoms with E-state index in [1.54, 1.807) is 11.6 Å². The molecule has 4 aromatic rings. The quantitative estimate of drug-likeness (QED) is 0.549. The maximum atomic E-state index is 12.7. The number of hydrogen-bond acceptors (Lipinski definition) is 5. The van der Waals surface area contributed by atoms with Crippen LogP contribution in [0.4, 0.5) is 6.01 Å². The van der Waals surface area contributed by atoms with Crippen molar-refractivity contribution in [3.63, 3.8) is 0 Å². The standard InChI is InChI=1S/C20H16ClN5O2/c1-13-16(17(21)26(25-13)12-14-8-4-2-5-9-14)18(27)22-20-24-23-19(28-20)15-10-6-3-7-11-15/h2-11H,12H2,1H3,(H,22,24,27). The molecule has 0 unspecified atom stereocenters. The first kappa shape index (κ1) is 17.9. The van der Waals surface area contributed by atoms with Gasteiger partial charge in [-0.25, -0.2) is 4.68 Å². The van der Waals surface area contributed by atoms with Crippen LogP contribution in [0.3, 0.4) is 0 Å². The van der Waals surface area contributed by atoms with Gasteiger partial charge >= 0.3 is 6.01 Å². The van der Waals surface area contributed by atoms with Crippen molar-refractivity contribution in [3.05, 3.63) is 82.6 Å². The molecule has 0 aliphatic rings. The first-order valence-corrected chi connectivity index (χ1v) is 8.96. The van der Waals surface area contributed by atoms with Crippen LogP contribution in [0.5, 0.6) is 0 Å². The van der Waals surface area contributed by atoms with Gasteiger partial charge in [-0.05, 0) is 24.6 Å². The Hall–Kier alpha value is -3.45. The van der Waals surface area contributed by atoms with Crippen LogP contribution in [0.15, 0.2) is 65.1 Å². The summed E-state index contributed by atoms with van der Waals surface area (Å²) in [7, 11) is 0. The smallest absolute Gasteiger partial charge is 0.322 e. The summed E-state index contributed by atoms with van der Waals surface area (Å²) in [5, 5.41) is 15.0. The molecule has 2 heterocycles. The summed E-state index contributed by atoms with van der Waals surface area (Å²) >= 11 is 6.41. The Kier molecular flexibility index (Phi) is 4.90. The molecule has 4 rings (SSSR count). The Morgan fingerprint density at radius 1 is 1.07 bits per heavy atom. The number of aryl methyl sites for hydroxylation is 1. The van der Waals surface area contributed by atoms with Gasteiger partial charge in [0.2, 0.25) is 5.89 Å². The second kappa shape index (κ2) is 7.66. The van der Waals surface area contributed by atoms with Crippen molar-refractivity contribution in [2.45, 2.75) is 13.5 Å². The van der Waals surface area contributed by atoms with E-state index in [1.807, 2.05) is 60.7 Å². The molecule has 2 aromatic carbocycles. The monoisotopic (exact) mass is 393 g/mol. The van der Waals surface area contributed by atoms with E-state index in [9.17, 15) is 4.79 Å². The molecule has 0 aliphatic heterocycles. The predicted octanol–water partition coefficient (Wildman–Crippen LogP) is 4.20. The average molecular weight is 394 g/mol. The molecule has 8 heteroatoms. The molecule has 140 valence electrons. The van der Waals surface area contributed by atoms with Crippen LogP contribution in [0, 0.1) is 6.92 Å². The molecule has 0 atom stereocenters. The molecule has 2 aromatic heterocycles. The second-order valence-electron chi connectivity index (χ2n) is 6.13. The summed E-state index contributed by atoms with van der Waals surface area (Å²) in [6.45, 7) is 2.19. The number of nitrogens with zero attached hydrogens (tertiary/aromatic N) is 4. The van der Waals surface area contributed by atoms with Crippen LogP contribution < -0.4 is 5.32 Å². The number of rotatable bonds is 5. The van der Waals surface area contributed by atoms with Crippen LogP contribution >= 0.6 is 11.6 Å². The van der Waals surface area contributed by atoms with Crippen molar-refractivity contribution in [1.82, 2.24) is 20.0 Å². The molecule has 0 aliphatic carbocycles. The molecule has 28 heavy (non-hydrogen) atoms. The van der Waals surface area contributed by atoms with Crippen LogP contribution in [0.25, 0.3) is 11.5 Å². The van der Waals surface area contributed by atoms with Crippen molar-refractivity contribution in [3.8, 4) is 11.5 Å². The molecule has 1 N–H and O–H groups in total. The number of aromatic nitrogens is 4. The highest BCUT2D eigenvalue weighted by molar-refractivity contribution is 6.33. The second-order valence-corrected chi connectivity index (χ2v) is 6.48. The zero-order valence-corrected chi connectivity index (χ0v) is 15.7. The number of anilines is 1. The predicted molar refractivity (Wildman–Crippen MR) is 105 cm³/mol. The lowest BCUT2D eigenvalue weighted by atomic mass is 10.2. The third-order valence-corrected chi connectivity index (χ3v) is 4.52. The van der Waals surface area contributed by atoms with Gasteiger partial charge in [0.25, 0.3) is 5.91 Å². The fourth-order valence-corrected chi connectivity index (χ4v) is 3.12. The number of nitrogens with one attached hydrogen (secondary N) is 1. The minimum absolute atomic E-state index is 0.00451. The molecule has 0 radical (unpaired) electrons. The van der Waals surface area contributed by atoms with Crippen molar-refractivity contribution in [1.29, 1.82) is 0 Å². The Bertz CT molecular complexity index is 1110. The lowest BCUT2D eigenvalue weighted by Crippen LogP contribution is -2.13. The van der Waals surface area contributed by atoms with Crippen LogP contribution in [0.2, 0.25) is 5.15 Å². The molecular weight excluding hydrogens is 378 g/mol. The maximum absolute atomic E-state index is 12.7.